The Morgan fingerprint density at radius 2 is 1.79 bits per heavy atom. The number of carbonyl (C=O) groups is 3. The van der Waals surface area contributed by atoms with Gasteiger partial charge in [0.25, 0.3) is 5.91 Å². The molecule has 1 aliphatic heterocycles. The molecule has 1 aromatic carbocycles. The van der Waals surface area contributed by atoms with Crippen LogP contribution in [0.15, 0.2) is 30.3 Å². The fourth-order valence-electron chi connectivity index (χ4n) is 3.38. The molecular formula is C20H26N4O4. The van der Waals surface area contributed by atoms with Crippen LogP contribution in [0.5, 0.6) is 0 Å². The number of hydrogen-bond donors (Lipinski definition) is 3. The minimum atomic E-state index is -1.03. The summed E-state index contributed by atoms with van der Waals surface area (Å²) >= 11 is 0. The monoisotopic (exact) mass is 386 g/mol. The Morgan fingerprint density at radius 1 is 1.14 bits per heavy atom. The second-order valence-corrected chi connectivity index (χ2v) is 7.20. The quantitative estimate of drug-likeness (QED) is 0.732. The number of hydrogen-bond acceptors (Lipinski definition) is 3. The van der Waals surface area contributed by atoms with Gasteiger partial charge in [0.05, 0.1) is 0 Å². The van der Waals surface area contributed by atoms with Gasteiger partial charge in [0.15, 0.2) is 0 Å². The van der Waals surface area contributed by atoms with Gasteiger partial charge >= 0.3 is 12.0 Å². The van der Waals surface area contributed by atoms with Crippen LogP contribution in [0.4, 0.5) is 4.79 Å². The Kier molecular flexibility index (Phi) is 5.87. The SMILES string of the molecule is CC[C@H](C)[C@@H](NC(=O)N1CCN(C(=O)c2cc3ccccc3[nH]2)CC1)C(=O)O. The van der Waals surface area contributed by atoms with Gasteiger partial charge in [-0.3, -0.25) is 4.79 Å². The predicted octanol–water partition coefficient (Wildman–Crippen LogP) is 2.13. The van der Waals surface area contributed by atoms with E-state index in [0.717, 1.165) is 10.9 Å². The van der Waals surface area contributed by atoms with Gasteiger partial charge in [-0.05, 0) is 18.1 Å². The fourth-order valence-corrected chi connectivity index (χ4v) is 3.38. The van der Waals surface area contributed by atoms with Crippen LogP contribution in [0.25, 0.3) is 10.9 Å². The summed E-state index contributed by atoms with van der Waals surface area (Å²) in [6.07, 6.45) is 0.657. The van der Waals surface area contributed by atoms with E-state index in [4.69, 9.17) is 0 Å². The third kappa shape index (κ3) is 4.11. The third-order valence-electron chi connectivity index (χ3n) is 5.37. The van der Waals surface area contributed by atoms with E-state index in [2.05, 4.69) is 10.3 Å². The number of aromatic nitrogens is 1. The minimum absolute atomic E-state index is 0.0979. The molecule has 0 aliphatic carbocycles. The lowest BCUT2D eigenvalue weighted by Crippen LogP contribution is -2.56. The second kappa shape index (κ2) is 8.33. The highest BCUT2D eigenvalue weighted by Gasteiger charge is 2.30. The van der Waals surface area contributed by atoms with E-state index in [1.165, 1.54) is 0 Å². The first kappa shape index (κ1) is 19.7. The number of nitrogens with zero attached hydrogens (tertiary/aromatic N) is 2. The highest BCUT2D eigenvalue weighted by molar-refractivity contribution is 5.98. The van der Waals surface area contributed by atoms with Gasteiger partial charge in [0.2, 0.25) is 0 Å². The van der Waals surface area contributed by atoms with Crippen LogP contribution in [0, 0.1) is 5.92 Å². The smallest absolute Gasteiger partial charge is 0.326 e. The number of rotatable bonds is 5. The minimum Gasteiger partial charge on any atom is -0.480 e. The van der Waals surface area contributed by atoms with Crippen LogP contribution in [0.1, 0.15) is 30.8 Å². The third-order valence-corrected chi connectivity index (χ3v) is 5.37. The summed E-state index contributed by atoms with van der Waals surface area (Å²) < 4.78 is 0. The lowest BCUT2D eigenvalue weighted by molar-refractivity contribution is -0.140. The predicted molar refractivity (Wildman–Crippen MR) is 105 cm³/mol. The number of aromatic amines is 1. The number of para-hydroxylation sites is 1. The van der Waals surface area contributed by atoms with Crippen molar-refractivity contribution in [3.63, 3.8) is 0 Å². The van der Waals surface area contributed by atoms with Crippen molar-refractivity contribution in [3.05, 3.63) is 36.0 Å². The summed E-state index contributed by atoms with van der Waals surface area (Å²) in [5.41, 5.74) is 1.44. The van der Waals surface area contributed by atoms with Crippen molar-refractivity contribution in [2.24, 2.45) is 5.92 Å². The van der Waals surface area contributed by atoms with Gasteiger partial charge in [0, 0.05) is 37.1 Å². The number of H-pyrrole nitrogens is 1. The fraction of sp³-hybridized carbons (Fsp3) is 0.450. The molecule has 2 atom stereocenters. The maximum atomic E-state index is 12.7. The van der Waals surface area contributed by atoms with Crippen LogP contribution in [0.2, 0.25) is 0 Å². The molecule has 0 unspecified atom stereocenters. The van der Waals surface area contributed by atoms with E-state index < -0.39 is 18.0 Å². The largest absolute Gasteiger partial charge is 0.480 e. The van der Waals surface area contributed by atoms with Crippen LogP contribution < -0.4 is 5.32 Å². The van der Waals surface area contributed by atoms with Crippen LogP contribution in [0.3, 0.4) is 0 Å². The average Bonchev–Trinajstić information content (AvgIpc) is 3.14. The number of piperazine rings is 1. The van der Waals surface area contributed by atoms with Crippen molar-refractivity contribution in [1.82, 2.24) is 20.1 Å². The molecule has 8 heteroatoms. The molecule has 150 valence electrons. The second-order valence-electron chi connectivity index (χ2n) is 7.20. The maximum absolute atomic E-state index is 12.7. The van der Waals surface area contributed by atoms with Gasteiger partial charge in [-0.25, -0.2) is 9.59 Å². The molecule has 3 N–H and O–H groups in total. The van der Waals surface area contributed by atoms with Crippen molar-refractivity contribution in [1.29, 1.82) is 0 Å². The first-order chi connectivity index (χ1) is 13.4. The number of fused-ring (bicyclic) bond motifs is 1. The van der Waals surface area contributed by atoms with Crippen molar-refractivity contribution in [3.8, 4) is 0 Å². The summed E-state index contributed by atoms with van der Waals surface area (Å²) in [6.45, 7) is 5.23. The first-order valence-corrected chi connectivity index (χ1v) is 9.56. The summed E-state index contributed by atoms with van der Waals surface area (Å²) in [7, 11) is 0. The van der Waals surface area contributed by atoms with Gasteiger partial charge in [-0.2, -0.15) is 0 Å². The summed E-state index contributed by atoms with van der Waals surface area (Å²) in [5, 5.41) is 12.9. The van der Waals surface area contributed by atoms with E-state index in [1.54, 1.807) is 16.7 Å². The number of nitrogens with one attached hydrogen (secondary N) is 2. The van der Waals surface area contributed by atoms with Gasteiger partial charge in [-0.15, -0.1) is 0 Å². The molecule has 2 heterocycles. The molecule has 1 aromatic heterocycles. The zero-order valence-corrected chi connectivity index (χ0v) is 16.1. The molecule has 1 saturated heterocycles. The Bertz CT molecular complexity index is 837. The molecule has 0 radical (unpaired) electrons. The molecule has 0 bridgehead atoms. The van der Waals surface area contributed by atoms with E-state index in [1.807, 2.05) is 37.3 Å². The maximum Gasteiger partial charge on any atom is 0.326 e. The molecule has 3 rings (SSSR count). The van der Waals surface area contributed by atoms with E-state index >= 15 is 0 Å². The van der Waals surface area contributed by atoms with Crippen LogP contribution in [-0.2, 0) is 4.79 Å². The lowest BCUT2D eigenvalue weighted by atomic mass is 9.99. The van der Waals surface area contributed by atoms with Gasteiger partial charge in [-0.1, -0.05) is 38.5 Å². The normalized spacial score (nSPS) is 16.6. The van der Waals surface area contributed by atoms with E-state index in [9.17, 15) is 19.5 Å². The number of benzene rings is 1. The van der Waals surface area contributed by atoms with Gasteiger partial charge in [0.1, 0.15) is 11.7 Å². The molecule has 0 saturated carbocycles. The molecule has 3 amide bonds. The zero-order valence-electron chi connectivity index (χ0n) is 16.1. The molecule has 0 spiro atoms. The van der Waals surface area contributed by atoms with Crippen LogP contribution >= 0.6 is 0 Å². The molecule has 2 aromatic rings. The number of urea groups is 1. The van der Waals surface area contributed by atoms with E-state index in [0.29, 0.717) is 38.3 Å². The molecular weight excluding hydrogens is 360 g/mol. The van der Waals surface area contributed by atoms with Crippen molar-refractivity contribution in [2.75, 3.05) is 26.2 Å². The van der Waals surface area contributed by atoms with Crippen molar-refractivity contribution >= 4 is 28.8 Å². The summed E-state index contributed by atoms with van der Waals surface area (Å²) in [4.78, 5) is 43.0. The Labute approximate surface area is 163 Å². The summed E-state index contributed by atoms with van der Waals surface area (Å²) in [5.74, 6) is -1.29. The number of carboxylic acids is 1. The zero-order chi connectivity index (χ0) is 20.3. The molecule has 1 fully saturated rings. The van der Waals surface area contributed by atoms with Crippen molar-refractivity contribution < 1.29 is 19.5 Å². The number of aliphatic carboxylic acids is 1. The van der Waals surface area contributed by atoms with Crippen LogP contribution in [-0.4, -0.2) is 70.0 Å². The van der Waals surface area contributed by atoms with E-state index in [-0.39, 0.29) is 11.8 Å². The topological polar surface area (TPSA) is 106 Å². The number of carbonyl (C=O) groups excluding carboxylic acids is 2. The average molecular weight is 386 g/mol. The summed E-state index contributed by atoms with van der Waals surface area (Å²) in [6, 6.07) is 8.22. The Hall–Kier alpha value is -3.03. The Balaban J connectivity index is 1.58. The highest BCUT2D eigenvalue weighted by Crippen LogP contribution is 2.17. The standard InChI is InChI=1S/C20H26N4O4/c1-3-13(2)17(19(26)27)22-20(28)24-10-8-23(9-11-24)18(25)16-12-14-6-4-5-7-15(14)21-16/h4-7,12-13,17,21H,3,8-11H2,1-2H3,(H,22,28)(H,26,27)/t13-,17+/m0/s1. The first-order valence-electron chi connectivity index (χ1n) is 9.56. The highest BCUT2D eigenvalue weighted by atomic mass is 16.4. The molecule has 8 nitrogen and oxygen atoms in total. The Morgan fingerprint density at radius 3 is 2.39 bits per heavy atom. The number of carboxylic acid groups (broad SMARTS) is 1. The lowest BCUT2D eigenvalue weighted by Gasteiger charge is -2.35. The molecule has 1 aliphatic rings. The molecule has 28 heavy (non-hydrogen) atoms. The number of amides is 3. The van der Waals surface area contributed by atoms with Crippen molar-refractivity contribution in [2.45, 2.75) is 26.3 Å². The van der Waals surface area contributed by atoms with Gasteiger partial charge < -0.3 is 25.2 Å².